The Hall–Kier alpha value is -1.24. The van der Waals surface area contributed by atoms with E-state index in [1.54, 1.807) is 0 Å². The van der Waals surface area contributed by atoms with Crippen molar-refractivity contribution in [2.75, 3.05) is 5.32 Å². The lowest BCUT2D eigenvalue weighted by atomic mass is 10.0. The van der Waals surface area contributed by atoms with E-state index >= 15 is 0 Å². The van der Waals surface area contributed by atoms with Crippen molar-refractivity contribution in [1.29, 1.82) is 0 Å². The van der Waals surface area contributed by atoms with Crippen molar-refractivity contribution in [3.05, 3.63) is 41.5 Å². The third-order valence-corrected chi connectivity index (χ3v) is 3.48. The van der Waals surface area contributed by atoms with Crippen molar-refractivity contribution in [3.8, 4) is 0 Å². The Morgan fingerprint density at radius 1 is 1.12 bits per heavy atom. The Labute approximate surface area is 105 Å². The lowest BCUT2D eigenvalue weighted by molar-refractivity contribution is 0.610. The van der Waals surface area contributed by atoms with Crippen LogP contribution in [0, 0.1) is 13.8 Å². The molecule has 0 fully saturated rings. The van der Waals surface area contributed by atoms with Crippen LogP contribution in [-0.2, 0) is 0 Å². The summed E-state index contributed by atoms with van der Waals surface area (Å²) in [4.78, 5) is 0. The molecule has 0 aliphatic heterocycles. The summed E-state index contributed by atoms with van der Waals surface area (Å²) < 4.78 is 0. The van der Waals surface area contributed by atoms with Gasteiger partial charge in [-0.05, 0) is 44.7 Å². The van der Waals surface area contributed by atoms with Gasteiger partial charge in [-0.3, -0.25) is 0 Å². The molecule has 0 bridgehead atoms. The van der Waals surface area contributed by atoms with Crippen LogP contribution < -0.4 is 5.32 Å². The van der Waals surface area contributed by atoms with Crippen molar-refractivity contribution in [3.63, 3.8) is 0 Å². The summed E-state index contributed by atoms with van der Waals surface area (Å²) >= 11 is 0. The van der Waals surface area contributed by atoms with Crippen LogP contribution in [0.25, 0.3) is 0 Å². The molecule has 1 nitrogen and oxygen atoms in total. The number of hydrogen-bond acceptors (Lipinski definition) is 1. The molecule has 1 aliphatic rings. The molecule has 0 saturated heterocycles. The summed E-state index contributed by atoms with van der Waals surface area (Å²) in [5.74, 6) is 0. The van der Waals surface area contributed by atoms with Crippen LogP contribution in [0.15, 0.2) is 30.4 Å². The lowest BCUT2D eigenvalue weighted by Crippen LogP contribution is -2.18. The minimum absolute atomic E-state index is 0.511. The van der Waals surface area contributed by atoms with E-state index in [9.17, 15) is 0 Å². The normalized spacial score (nSPS) is 22.6. The Bertz CT molecular complexity index is 393. The average Bonchev–Trinajstić information content (AvgIpc) is 2.25. The van der Waals surface area contributed by atoms with Crippen LogP contribution in [-0.4, -0.2) is 6.04 Å². The van der Waals surface area contributed by atoms with Crippen LogP contribution in [0.5, 0.6) is 0 Å². The van der Waals surface area contributed by atoms with Crippen LogP contribution >= 0.6 is 0 Å². The number of allylic oxidation sites excluding steroid dienone is 1. The highest BCUT2D eigenvalue weighted by molar-refractivity contribution is 5.53. The van der Waals surface area contributed by atoms with Gasteiger partial charge in [0, 0.05) is 11.7 Å². The highest BCUT2D eigenvalue weighted by Gasteiger charge is 2.08. The van der Waals surface area contributed by atoms with Crippen molar-refractivity contribution >= 4 is 5.69 Å². The van der Waals surface area contributed by atoms with Gasteiger partial charge >= 0.3 is 0 Å². The van der Waals surface area contributed by atoms with E-state index in [0.717, 1.165) is 0 Å². The van der Waals surface area contributed by atoms with E-state index in [0.29, 0.717) is 6.04 Å². The van der Waals surface area contributed by atoms with E-state index in [1.807, 2.05) is 0 Å². The van der Waals surface area contributed by atoms with Crippen LogP contribution in [0.1, 0.15) is 43.2 Å². The number of nitrogens with one attached hydrogen (secondary N) is 1. The maximum absolute atomic E-state index is 3.66. The first kappa shape index (κ1) is 12.2. The zero-order chi connectivity index (χ0) is 12.1. The fourth-order valence-corrected chi connectivity index (χ4v) is 2.46. The molecule has 17 heavy (non-hydrogen) atoms. The van der Waals surface area contributed by atoms with Crippen molar-refractivity contribution in [2.45, 2.75) is 52.0 Å². The Morgan fingerprint density at radius 2 is 2.00 bits per heavy atom. The van der Waals surface area contributed by atoms with E-state index in [2.05, 4.69) is 49.5 Å². The maximum Gasteiger partial charge on any atom is 0.0444 e. The van der Waals surface area contributed by atoms with Gasteiger partial charge in [0.1, 0.15) is 0 Å². The van der Waals surface area contributed by atoms with Gasteiger partial charge in [0.2, 0.25) is 0 Å². The van der Waals surface area contributed by atoms with Crippen LogP contribution in [0.4, 0.5) is 5.69 Å². The topological polar surface area (TPSA) is 12.0 Å². The van der Waals surface area contributed by atoms with Gasteiger partial charge < -0.3 is 5.32 Å². The molecule has 1 unspecified atom stereocenters. The van der Waals surface area contributed by atoms with E-state index < -0.39 is 0 Å². The smallest absolute Gasteiger partial charge is 0.0444 e. The molecule has 0 heterocycles. The molecule has 1 N–H and O–H groups in total. The molecule has 1 aliphatic carbocycles. The zero-order valence-corrected chi connectivity index (χ0v) is 11.0. The summed E-state index contributed by atoms with van der Waals surface area (Å²) in [6.45, 7) is 4.33. The Kier molecular flexibility index (Phi) is 4.24. The first-order valence-electron chi connectivity index (χ1n) is 6.76. The zero-order valence-electron chi connectivity index (χ0n) is 11.0. The molecule has 1 heteroatoms. The first-order chi connectivity index (χ1) is 8.25. The number of anilines is 1. The number of hydrogen-bond donors (Lipinski definition) is 1. The maximum atomic E-state index is 3.66. The summed E-state index contributed by atoms with van der Waals surface area (Å²) in [7, 11) is 0. The number of benzene rings is 1. The summed E-state index contributed by atoms with van der Waals surface area (Å²) in [6.07, 6.45) is 11.2. The van der Waals surface area contributed by atoms with E-state index in [-0.39, 0.29) is 0 Å². The highest BCUT2D eigenvalue weighted by atomic mass is 14.9. The summed E-state index contributed by atoms with van der Waals surface area (Å²) in [5.41, 5.74) is 3.97. The molecule has 1 atom stereocenters. The second kappa shape index (κ2) is 5.90. The second-order valence-electron chi connectivity index (χ2n) is 5.14. The molecule has 0 saturated carbocycles. The molecule has 1 aromatic carbocycles. The van der Waals surface area contributed by atoms with Crippen LogP contribution in [0.3, 0.4) is 0 Å². The van der Waals surface area contributed by atoms with Gasteiger partial charge in [0.15, 0.2) is 0 Å². The van der Waals surface area contributed by atoms with Gasteiger partial charge in [0.25, 0.3) is 0 Å². The van der Waals surface area contributed by atoms with Gasteiger partial charge in [-0.25, -0.2) is 0 Å². The lowest BCUT2D eigenvalue weighted by Gasteiger charge is -2.19. The predicted octanol–water partition coefficient (Wildman–Crippen LogP) is 4.60. The molecule has 1 aromatic rings. The molecule has 92 valence electrons. The first-order valence-corrected chi connectivity index (χ1v) is 6.76. The highest BCUT2D eigenvalue weighted by Crippen LogP contribution is 2.20. The molecule has 0 amide bonds. The average molecular weight is 229 g/mol. The fraction of sp³-hybridized carbons (Fsp3) is 0.500. The Balaban J connectivity index is 2.05. The minimum atomic E-state index is 0.511. The van der Waals surface area contributed by atoms with Crippen molar-refractivity contribution in [1.82, 2.24) is 0 Å². The summed E-state index contributed by atoms with van der Waals surface area (Å²) in [6, 6.07) is 7.14. The summed E-state index contributed by atoms with van der Waals surface area (Å²) in [5, 5.41) is 3.66. The fourth-order valence-electron chi connectivity index (χ4n) is 2.46. The van der Waals surface area contributed by atoms with Crippen molar-refractivity contribution in [2.24, 2.45) is 0 Å². The SMILES string of the molecule is Cc1ccc(NC2/C=C/CCCCC2)c(C)c1. The van der Waals surface area contributed by atoms with Gasteiger partial charge in [-0.1, -0.05) is 42.7 Å². The molecule has 0 aromatic heterocycles. The second-order valence-corrected chi connectivity index (χ2v) is 5.14. The van der Waals surface area contributed by atoms with E-state index in [4.69, 9.17) is 0 Å². The molecular formula is C16H23N. The number of aryl methyl sites for hydroxylation is 2. The van der Waals surface area contributed by atoms with Crippen LogP contribution in [0.2, 0.25) is 0 Å². The largest absolute Gasteiger partial charge is 0.379 e. The Morgan fingerprint density at radius 3 is 2.82 bits per heavy atom. The number of rotatable bonds is 2. The predicted molar refractivity (Wildman–Crippen MR) is 75.6 cm³/mol. The molecular weight excluding hydrogens is 206 g/mol. The standard InChI is InChI=1S/C16H23N/c1-13-10-11-16(14(2)12-13)17-15-8-6-4-3-5-7-9-15/h6,8,10-12,15,17H,3-5,7,9H2,1-2H3/b8-6+. The quantitative estimate of drug-likeness (QED) is 0.731. The van der Waals surface area contributed by atoms with Gasteiger partial charge in [-0.15, -0.1) is 0 Å². The van der Waals surface area contributed by atoms with Crippen molar-refractivity contribution < 1.29 is 0 Å². The molecule has 2 rings (SSSR count). The minimum Gasteiger partial charge on any atom is -0.379 e. The van der Waals surface area contributed by atoms with Gasteiger partial charge in [-0.2, -0.15) is 0 Å². The van der Waals surface area contributed by atoms with Gasteiger partial charge in [0.05, 0.1) is 0 Å². The van der Waals surface area contributed by atoms with E-state index in [1.165, 1.54) is 48.9 Å². The third kappa shape index (κ3) is 3.62. The molecule has 0 spiro atoms. The monoisotopic (exact) mass is 229 g/mol. The third-order valence-electron chi connectivity index (χ3n) is 3.48. The molecule has 0 radical (unpaired) electrons.